The first-order valence-electron chi connectivity index (χ1n) is 7.00. The first kappa shape index (κ1) is 14.3. The smallest absolute Gasteiger partial charge is 0.146 e. The second-order valence-corrected chi connectivity index (χ2v) is 5.72. The molecule has 0 radical (unpaired) electrons. The summed E-state index contributed by atoms with van der Waals surface area (Å²) in [5.41, 5.74) is 6.59. The van der Waals surface area contributed by atoms with Crippen molar-refractivity contribution < 1.29 is 4.39 Å². The lowest BCUT2D eigenvalue weighted by Crippen LogP contribution is -2.13. The van der Waals surface area contributed by atoms with Crippen molar-refractivity contribution in [1.29, 1.82) is 0 Å². The summed E-state index contributed by atoms with van der Waals surface area (Å²) < 4.78 is 13.8. The Kier molecular flexibility index (Phi) is 5.14. The Hall–Kier alpha value is -1.16. The minimum Gasteiger partial charge on any atom is -0.389 e. The fourth-order valence-corrected chi connectivity index (χ4v) is 2.83. The van der Waals surface area contributed by atoms with E-state index in [0.29, 0.717) is 11.3 Å². The Labute approximate surface area is 119 Å². The van der Waals surface area contributed by atoms with Crippen molar-refractivity contribution in [3.8, 4) is 0 Å². The van der Waals surface area contributed by atoms with Gasteiger partial charge in [-0.05, 0) is 30.5 Å². The number of nitrogens with one attached hydrogen (secondary N) is 1. The molecule has 1 aromatic rings. The van der Waals surface area contributed by atoms with Gasteiger partial charge in [-0.1, -0.05) is 44.3 Å². The van der Waals surface area contributed by atoms with E-state index in [1.54, 1.807) is 12.1 Å². The van der Waals surface area contributed by atoms with Crippen LogP contribution in [0.25, 0.3) is 0 Å². The predicted molar refractivity (Wildman–Crippen MR) is 82.0 cm³/mol. The minimum atomic E-state index is -0.283. The SMILES string of the molecule is NC(=S)c1ccc(NCCC2CCCCC2)c(F)c1. The molecule has 1 aromatic carbocycles. The van der Waals surface area contributed by atoms with Gasteiger partial charge in [0.15, 0.2) is 0 Å². The Balaban J connectivity index is 1.83. The molecule has 0 aromatic heterocycles. The molecule has 0 unspecified atom stereocenters. The van der Waals surface area contributed by atoms with E-state index in [9.17, 15) is 4.39 Å². The van der Waals surface area contributed by atoms with Crippen molar-refractivity contribution >= 4 is 22.9 Å². The van der Waals surface area contributed by atoms with E-state index in [1.165, 1.54) is 38.2 Å². The average Bonchev–Trinajstić information content (AvgIpc) is 2.41. The van der Waals surface area contributed by atoms with Crippen LogP contribution in [0.1, 0.15) is 44.1 Å². The normalized spacial score (nSPS) is 16.3. The van der Waals surface area contributed by atoms with Gasteiger partial charge in [0.2, 0.25) is 0 Å². The van der Waals surface area contributed by atoms with E-state index in [2.05, 4.69) is 5.32 Å². The summed E-state index contributed by atoms with van der Waals surface area (Å²) in [5.74, 6) is 0.522. The van der Waals surface area contributed by atoms with Gasteiger partial charge in [-0.2, -0.15) is 0 Å². The summed E-state index contributed by atoms with van der Waals surface area (Å²) in [6, 6.07) is 4.87. The topological polar surface area (TPSA) is 38.0 Å². The molecule has 0 heterocycles. The van der Waals surface area contributed by atoms with E-state index in [1.807, 2.05) is 0 Å². The van der Waals surface area contributed by atoms with Crippen molar-refractivity contribution in [1.82, 2.24) is 0 Å². The van der Waals surface area contributed by atoms with Gasteiger partial charge in [0.05, 0.1) is 5.69 Å². The lowest BCUT2D eigenvalue weighted by Gasteiger charge is -2.21. The van der Waals surface area contributed by atoms with Crippen LogP contribution in [0.15, 0.2) is 18.2 Å². The predicted octanol–water partition coefficient (Wildman–Crippen LogP) is 3.84. The molecule has 104 valence electrons. The molecule has 0 saturated heterocycles. The van der Waals surface area contributed by atoms with Gasteiger partial charge in [0.1, 0.15) is 10.8 Å². The Bertz CT molecular complexity index is 442. The van der Waals surface area contributed by atoms with Crippen molar-refractivity contribution in [3.05, 3.63) is 29.6 Å². The highest BCUT2D eigenvalue weighted by Crippen LogP contribution is 2.26. The molecule has 0 spiro atoms. The van der Waals surface area contributed by atoms with Crippen molar-refractivity contribution in [2.45, 2.75) is 38.5 Å². The zero-order valence-corrected chi connectivity index (χ0v) is 11.9. The maximum Gasteiger partial charge on any atom is 0.146 e. The monoisotopic (exact) mass is 280 g/mol. The quantitative estimate of drug-likeness (QED) is 0.805. The van der Waals surface area contributed by atoms with Crippen LogP contribution < -0.4 is 11.1 Å². The second kappa shape index (κ2) is 6.85. The average molecular weight is 280 g/mol. The largest absolute Gasteiger partial charge is 0.389 e. The number of anilines is 1. The van der Waals surface area contributed by atoms with E-state index in [0.717, 1.165) is 18.9 Å². The Morgan fingerprint density at radius 3 is 2.68 bits per heavy atom. The van der Waals surface area contributed by atoms with Crippen molar-refractivity contribution in [2.24, 2.45) is 11.7 Å². The molecule has 2 rings (SSSR count). The maximum atomic E-state index is 13.8. The summed E-state index contributed by atoms with van der Waals surface area (Å²) in [6.45, 7) is 0.827. The highest BCUT2D eigenvalue weighted by molar-refractivity contribution is 7.80. The van der Waals surface area contributed by atoms with Crippen molar-refractivity contribution in [2.75, 3.05) is 11.9 Å². The van der Waals surface area contributed by atoms with Gasteiger partial charge in [-0.25, -0.2) is 4.39 Å². The fourth-order valence-electron chi connectivity index (χ4n) is 2.70. The summed E-state index contributed by atoms with van der Waals surface area (Å²) in [7, 11) is 0. The number of halogens is 1. The number of hydrogen-bond donors (Lipinski definition) is 2. The molecule has 0 atom stereocenters. The molecule has 0 bridgehead atoms. The molecule has 19 heavy (non-hydrogen) atoms. The number of thiocarbonyl (C=S) groups is 1. The van der Waals surface area contributed by atoms with E-state index in [4.69, 9.17) is 18.0 Å². The van der Waals surface area contributed by atoms with Crippen LogP contribution in [0.4, 0.5) is 10.1 Å². The van der Waals surface area contributed by atoms with Gasteiger partial charge in [-0.15, -0.1) is 0 Å². The fraction of sp³-hybridized carbons (Fsp3) is 0.533. The van der Waals surface area contributed by atoms with Crippen LogP contribution in [0.2, 0.25) is 0 Å². The highest BCUT2D eigenvalue weighted by atomic mass is 32.1. The molecule has 0 aliphatic heterocycles. The molecule has 1 aliphatic rings. The lowest BCUT2D eigenvalue weighted by atomic mass is 9.87. The van der Waals surface area contributed by atoms with Crippen LogP contribution in [0, 0.1) is 11.7 Å². The molecular weight excluding hydrogens is 259 g/mol. The minimum absolute atomic E-state index is 0.229. The lowest BCUT2D eigenvalue weighted by molar-refractivity contribution is 0.345. The third kappa shape index (κ3) is 4.16. The van der Waals surface area contributed by atoms with Gasteiger partial charge in [-0.3, -0.25) is 0 Å². The summed E-state index contributed by atoms with van der Waals surface area (Å²) in [5, 5.41) is 3.17. The zero-order chi connectivity index (χ0) is 13.7. The van der Waals surface area contributed by atoms with Gasteiger partial charge < -0.3 is 11.1 Å². The van der Waals surface area contributed by atoms with Crippen LogP contribution >= 0.6 is 12.2 Å². The maximum absolute atomic E-state index is 13.8. The standard InChI is InChI=1S/C15H21FN2S/c16-13-10-12(15(17)19)6-7-14(13)18-9-8-11-4-2-1-3-5-11/h6-7,10-11,18H,1-5,8-9H2,(H2,17,19). The molecule has 3 N–H and O–H groups in total. The highest BCUT2D eigenvalue weighted by Gasteiger charge is 2.13. The molecule has 0 amide bonds. The third-order valence-corrected chi connectivity index (χ3v) is 4.08. The number of rotatable bonds is 5. The molecular formula is C15H21FN2S. The molecule has 1 fully saturated rings. The number of nitrogens with two attached hydrogens (primary N) is 1. The number of benzene rings is 1. The van der Waals surface area contributed by atoms with Crippen molar-refractivity contribution in [3.63, 3.8) is 0 Å². The molecule has 1 saturated carbocycles. The number of hydrogen-bond acceptors (Lipinski definition) is 2. The van der Waals surface area contributed by atoms with Gasteiger partial charge in [0, 0.05) is 12.1 Å². The van der Waals surface area contributed by atoms with Gasteiger partial charge >= 0.3 is 0 Å². The summed E-state index contributed by atoms with van der Waals surface area (Å²) in [6.07, 6.45) is 7.84. The zero-order valence-electron chi connectivity index (χ0n) is 11.1. The van der Waals surface area contributed by atoms with E-state index >= 15 is 0 Å². The van der Waals surface area contributed by atoms with Gasteiger partial charge in [0.25, 0.3) is 0 Å². The second-order valence-electron chi connectivity index (χ2n) is 5.28. The van der Waals surface area contributed by atoms with E-state index in [-0.39, 0.29) is 10.8 Å². The molecule has 1 aliphatic carbocycles. The first-order chi connectivity index (χ1) is 9.16. The Morgan fingerprint density at radius 2 is 2.05 bits per heavy atom. The van der Waals surface area contributed by atoms with Crippen LogP contribution in [0.5, 0.6) is 0 Å². The molecule has 2 nitrogen and oxygen atoms in total. The third-order valence-electron chi connectivity index (χ3n) is 3.85. The molecule has 4 heteroatoms. The van der Waals surface area contributed by atoms with Crippen LogP contribution in [-0.2, 0) is 0 Å². The summed E-state index contributed by atoms with van der Waals surface area (Å²) in [4.78, 5) is 0.229. The van der Waals surface area contributed by atoms with Crippen LogP contribution in [-0.4, -0.2) is 11.5 Å². The summed E-state index contributed by atoms with van der Waals surface area (Å²) >= 11 is 4.83. The Morgan fingerprint density at radius 1 is 1.32 bits per heavy atom. The van der Waals surface area contributed by atoms with E-state index < -0.39 is 0 Å². The van der Waals surface area contributed by atoms with Crippen LogP contribution in [0.3, 0.4) is 0 Å². The first-order valence-corrected chi connectivity index (χ1v) is 7.41.